The predicted molar refractivity (Wildman–Crippen MR) is 112 cm³/mol. The molecule has 1 unspecified atom stereocenters. The van der Waals surface area contributed by atoms with E-state index in [9.17, 15) is 4.21 Å². The SMILES string of the molecule is CCOc1ccc([C@@H](CO[Si](C)(C)C(C)(C)C)NS(=O)C(C)(C)C)cn1. The van der Waals surface area contributed by atoms with E-state index in [0.29, 0.717) is 19.1 Å². The quantitative estimate of drug-likeness (QED) is 0.648. The Hall–Kier alpha value is -0.763. The molecule has 0 spiro atoms. The van der Waals surface area contributed by atoms with Crippen LogP contribution in [-0.4, -0.2) is 35.5 Å². The molecule has 7 heteroatoms. The van der Waals surface area contributed by atoms with E-state index in [1.165, 1.54) is 0 Å². The molecular weight excluding hydrogens is 364 g/mol. The lowest BCUT2D eigenvalue weighted by Gasteiger charge is -2.37. The van der Waals surface area contributed by atoms with Crippen molar-refractivity contribution in [3.8, 4) is 5.88 Å². The van der Waals surface area contributed by atoms with Crippen molar-refractivity contribution >= 4 is 19.3 Å². The highest BCUT2D eigenvalue weighted by Crippen LogP contribution is 2.37. The summed E-state index contributed by atoms with van der Waals surface area (Å²) in [5.41, 5.74) is 0.949. The largest absolute Gasteiger partial charge is 0.478 e. The molecular formula is C19H36N2O3SSi. The molecule has 0 aliphatic heterocycles. The van der Waals surface area contributed by atoms with Gasteiger partial charge in [-0.25, -0.2) is 13.9 Å². The van der Waals surface area contributed by atoms with Crippen molar-refractivity contribution < 1.29 is 13.4 Å². The van der Waals surface area contributed by atoms with E-state index in [4.69, 9.17) is 9.16 Å². The van der Waals surface area contributed by atoms with Crippen molar-refractivity contribution in [3.05, 3.63) is 23.9 Å². The molecule has 0 bridgehead atoms. The third-order valence-corrected chi connectivity index (χ3v) is 10.8. The topological polar surface area (TPSA) is 60.5 Å². The number of hydrogen-bond acceptors (Lipinski definition) is 4. The summed E-state index contributed by atoms with van der Waals surface area (Å²) in [7, 11) is -3.10. The van der Waals surface area contributed by atoms with Crippen LogP contribution in [0.3, 0.4) is 0 Å². The molecule has 2 atom stereocenters. The van der Waals surface area contributed by atoms with Gasteiger partial charge < -0.3 is 9.16 Å². The van der Waals surface area contributed by atoms with Crippen LogP contribution in [0.1, 0.15) is 60.1 Å². The number of nitrogens with one attached hydrogen (secondary N) is 1. The lowest BCUT2D eigenvalue weighted by molar-refractivity contribution is 0.257. The van der Waals surface area contributed by atoms with Gasteiger partial charge in [-0.15, -0.1) is 0 Å². The summed E-state index contributed by atoms with van der Waals surface area (Å²) in [6.07, 6.45) is 1.78. The summed E-state index contributed by atoms with van der Waals surface area (Å²) < 4.78 is 27.3. The minimum atomic E-state index is -1.91. The van der Waals surface area contributed by atoms with E-state index >= 15 is 0 Å². The number of aromatic nitrogens is 1. The summed E-state index contributed by atoms with van der Waals surface area (Å²) in [5, 5.41) is 0.123. The summed E-state index contributed by atoms with van der Waals surface area (Å²) in [6, 6.07) is 3.62. The molecule has 1 rings (SSSR count). The predicted octanol–water partition coefficient (Wildman–Crippen LogP) is 4.60. The van der Waals surface area contributed by atoms with E-state index in [0.717, 1.165) is 5.56 Å². The zero-order valence-corrected chi connectivity index (χ0v) is 19.6. The van der Waals surface area contributed by atoms with Gasteiger partial charge in [-0.2, -0.15) is 0 Å². The summed E-state index contributed by atoms with van der Waals surface area (Å²) in [6.45, 7) is 19.9. The first-order valence-corrected chi connectivity index (χ1v) is 13.2. The van der Waals surface area contributed by atoms with E-state index < -0.39 is 19.3 Å². The summed E-state index contributed by atoms with van der Waals surface area (Å²) in [5.74, 6) is 0.595. The van der Waals surface area contributed by atoms with Gasteiger partial charge in [0.2, 0.25) is 5.88 Å². The first-order valence-electron chi connectivity index (χ1n) is 9.18. The van der Waals surface area contributed by atoms with Crippen LogP contribution >= 0.6 is 0 Å². The highest BCUT2D eigenvalue weighted by Gasteiger charge is 2.38. The fraction of sp³-hybridized carbons (Fsp3) is 0.737. The molecule has 26 heavy (non-hydrogen) atoms. The Morgan fingerprint density at radius 3 is 2.23 bits per heavy atom. The van der Waals surface area contributed by atoms with E-state index in [1.54, 1.807) is 6.20 Å². The maximum absolute atomic E-state index is 12.6. The van der Waals surface area contributed by atoms with Gasteiger partial charge in [-0.1, -0.05) is 26.8 Å². The summed E-state index contributed by atoms with van der Waals surface area (Å²) in [4.78, 5) is 4.35. The van der Waals surface area contributed by atoms with Crippen LogP contribution in [0.5, 0.6) is 5.88 Å². The van der Waals surface area contributed by atoms with Crippen LogP contribution in [0.4, 0.5) is 0 Å². The number of ether oxygens (including phenoxy) is 1. The molecule has 1 heterocycles. The molecule has 0 saturated heterocycles. The molecule has 0 radical (unpaired) electrons. The molecule has 0 fully saturated rings. The lowest BCUT2D eigenvalue weighted by Crippen LogP contribution is -2.44. The average molecular weight is 401 g/mol. The van der Waals surface area contributed by atoms with Gasteiger partial charge in [0, 0.05) is 12.3 Å². The minimum Gasteiger partial charge on any atom is -0.478 e. The van der Waals surface area contributed by atoms with Gasteiger partial charge in [0.25, 0.3) is 0 Å². The van der Waals surface area contributed by atoms with Gasteiger partial charge in [-0.3, -0.25) is 0 Å². The number of nitrogens with zero attached hydrogens (tertiary/aromatic N) is 1. The monoisotopic (exact) mass is 400 g/mol. The normalized spacial score (nSPS) is 15.6. The Balaban J connectivity index is 3.00. The van der Waals surface area contributed by atoms with E-state index in [-0.39, 0.29) is 15.8 Å². The second-order valence-electron chi connectivity index (χ2n) is 8.99. The molecule has 0 aliphatic rings. The Bertz CT molecular complexity index is 592. The van der Waals surface area contributed by atoms with Crippen LogP contribution in [0.2, 0.25) is 18.1 Å². The molecule has 5 nitrogen and oxygen atoms in total. The van der Waals surface area contributed by atoms with Crippen molar-refractivity contribution in [1.29, 1.82) is 0 Å². The van der Waals surface area contributed by atoms with Gasteiger partial charge in [0.1, 0.15) is 0 Å². The molecule has 1 N–H and O–H groups in total. The number of hydrogen-bond donors (Lipinski definition) is 1. The van der Waals surface area contributed by atoms with Crippen LogP contribution < -0.4 is 9.46 Å². The molecule has 1 aromatic heterocycles. The minimum absolute atomic E-state index is 0.123. The fourth-order valence-corrected chi connectivity index (χ4v) is 3.68. The van der Waals surface area contributed by atoms with Gasteiger partial charge in [-0.05, 0) is 51.4 Å². The Labute approximate surface area is 163 Å². The third kappa shape index (κ3) is 6.76. The van der Waals surface area contributed by atoms with Crippen molar-refractivity contribution in [3.63, 3.8) is 0 Å². The Morgan fingerprint density at radius 1 is 1.19 bits per heavy atom. The zero-order chi connectivity index (χ0) is 20.2. The standard InChI is InChI=1S/C19H36N2O3SSi/c1-10-23-17-12-11-15(13-20-17)16(21-25(22)18(2,3)4)14-24-26(8,9)19(5,6)7/h11-13,16,21H,10,14H2,1-9H3/t16-,25?/m1/s1. The first kappa shape index (κ1) is 23.3. The van der Waals surface area contributed by atoms with Crippen molar-refractivity contribution in [2.24, 2.45) is 0 Å². The third-order valence-electron chi connectivity index (χ3n) is 4.68. The molecule has 0 amide bonds. The molecule has 1 aromatic rings. The summed E-state index contributed by atoms with van der Waals surface area (Å²) >= 11 is 0. The van der Waals surface area contributed by atoms with E-state index in [2.05, 4.69) is 43.6 Å². The Kier molecular flexibility index (Phi) is 8.01. The maximum atomic E-state index is 12.6. The van der Waals surface area contributed by atoms with Crippen molar-refractivity contribution in [1.82, 2.24) is 9.71 Å². The number of rotatable bonds is 8. The van der Waals surface area contributed by atoms with Crippen LogP contribution in [0.25, 0.3) is 0 Å². The highest BCUT2D eigenvalue weighted by atomic mass is 32.2. The number of pyridine rings is 1. The Morgan fingerprint density at radius 2 is 1.81 bits per heavy atom. The second-order valence-corrected chi connectivity index (χ2v) is 15.8. The molecule has 0 saturated carbocycles. The smallest absolute Gasteiger partial charge is 0.213 e. The zero-order valence-electron chi connectivity index (χ0n) is 17.8. The lowest BCUT2D eigenvalue weighted by atomic mass is 10.1. The van der Waals surface area contributed by atoms with E-state index in [1.807, 2.05) is 39.8 Å². The van der Waals surface area contributed by atoms with Gasteiger partial charge in [0.15, 0.2) is 8.32 Å². The van der Waals surface area contributed by atoms with Crippen LogP contribution in [0.15, 0.2) is 18.3 Å². The van der Waals surface area contributed by atoms with Crippen LogP contribution in [-0.2, 0) is 15.4 Å². The average Bonchev–Trinajstić information content (AvgIpc) is 2.50. The molecule has 0 aliphatic carbocycles. The van der Waals surface area contributed by atoms with Gasteiger partial charge >= 0.3 is 0 Å². The van der Waals surface area contributed by atoms with Crippen molar-refractivity contribution in [2.45, 2.75) is 77.4 Å². The fourth-order valence-electron chi connectivity index (χ4n) is 1.84. The molecule has 0 aromatic carbocycles. The van der Waals surface area contributed by atoms with Crippen LogP contribution in [0, 0.1) is 0 Å². The first-order chi connectivity index (χ1) is 11.8. The second kappa shape index (κ2) is 8.95. The van der Waals surface area contributed by atoms with Gasteiger partial charge in [0.05, 0.1) is 35.0 Å². The molecule has 150 valence electrons. The van der Waals surface area contributed by atoms with Crippen molar-refractivity contribution in [2.75, 3.05) is 13.2 Å². The highest BCUT2D eigenvalue weighted by molar-refractivity contribution is 7.84. The maximum Gasteiger partial charge on any atom is 0.213 e.